The van der Waals surface area contributed by atoms with Crippen molar-refractivity contribution in [1.29, 1.82) is 0 Å². The summed E-state index contributed by atoms with van der Waals surface area (Å²) in [7, 11) is 0. The summed E-state index contributed by atoms with van der Waals surface area (Å²) in [5.74, 6) is -5.47. The monoisotopic (exact) mass is 507 g/mol. The minimum absolute atomic E-state index is 0.322. The number of carbonyl (C=O) groups is 4. The van der Waals surface area contributed by atoms with Crippen LogP contribution in [0.1, 0.15) is 56.3 Å². The van der Waals surface area contributed by atoms with Gasteiger partial charge in [0.25, 0.3) is 5.91 Å². The maximum atomic E-state index is 15.9. The Bertz CT molecular complexity index is 1040. The average molecular weight is 508 g/mol. The van der Waals surface area contributed by atoms with Crippen LogP contribution in [0.15, 0.2) is 18.2 Å². The Morgan fingerprint density at radius 2 is 1.86 bits per heavy atom. The first kappa shape index (κ1) is 25.7. The van der Waals surface area contributed by atoms with Crippen molar-refractivity contribution in [2.75, 3.05) is 13.2 Å². The Labute approximate surface area is 206 Å². The summed E-state index contributed by atoms with van der Waals surface area (Å²) in [5.41, 5.74) is 2.54. The largest absolute Gasteiger partial charge is 0.598 e. The summed E-state index contributed by atoms with van der Waals surface area (Å²) >= 11 is -1.74. The van der Waals surface area contributed by atoms with Crippen LogP contribution in [0, 0.1) is 5.92 Å². The number of rotatable bonds is 7. The Balaban J connectivity index is 1.62. The molecule has 0 spiro atoms. The molecule has 35 heavy (non-hydrogen) atoms. The number of ketones is 1. The molecule has 1 aliphatic carbocycles. The fraction of sp³-hybridized carbons (Fsp3) is 0.583. The number of Topliss-reactive ketones (excluding diaryl/α,β-unsaturated/α-hetero) is 1. The number of urea groups is 1. The summed E-state index contributed by atoms with van der Waals surface area (Å²) < 4.78 is 36.0. The van der Waals surface area contributed by atoms with Gasteiger partial charge in [-0.05, 0) is 63.1 Å². The first-order chi connectivity index (χ1) is 16.5. The van der Waals surface area contributed by atoms with Crippen molar-refractivity contribution in [2.45, 2.75) is 69.5 Å². The fourth-order valence-electron chi connectivity index (χ4n) is 4.45. The lowest BCUT2D eigenvalue weighted by atomic mass is 9.84. The molecule has 3 aliphatic rings. The number of alkyl halides is 1. The van der Waals surface area contributed by atoms with Gasteiger partial charge in [-0.1, -0.05) is 18.2 Å². The van der Waals surface area contributed by atoms with Gasteiger partial charge in [0.1, 0.15) is 10.8 Å². The molecule has 2 unspecified atom stereocenters. The van der Waals surface area contributed by atoms with Crippen molar-refractivity contribution >= 4 is 35.0 Å². The molecule has 0 radical (unpaired) electrons. The van der Waals surface area contributed by atoms with E-state index < -0.39 is 63.9 Å². The van der Waals surface area contributed by atoms with Crippen molar-refractivity contribution < 1.29 is 32.9 Å². The van der Waals surface area contributed by atoms with Crippen LogP contribution in [0.5, 0.6) is 0 Å². The molecule has 2 heterocycles. The molecule has 2 fully saturated rings. The van der Waals surface area contributed by atoms with Crippen molar-refractivity contribution in [3.63, 3.8) is 0 Å². The number of hydrogen-bond acceptors (Lipinski definition) is 7. The molecule has 0 bridgehead atoms. The maximum Gasteiger partial charge on any atom is 0.331 e. The molecule has 0 saturated carbocycles. The molecule has 2 aliphatic heterocycles. The molecular formula is C24H30FN3O6S. The number of barbiturate groups is 1. The molecule has 9 nitrogen and oxygen atoms in total. The Hall–Kier alpha value is -2.34. The summed E-state index contributed by atoms with van der Waals surface area (Å²) in [6.07, 6.45) is 0.0826. The minimum Gasteiger partial charge on any atom is -0.598 e. The van der Waals surface area contributed by atoms with E-state index in [9.17, 15) is 23.7 Å². The van der Waals surface area contributed by atoms with Gasteiger partial charge in [-0.3, -0.25) is 24.6 Å². The van der Waals surface area contributed by atoms with E-state index in [-0.39, 0.29) is 0 Å². The van der Waals surface area contributed by atoms with E-state index in [1.807, 2.05) is 11.4 Å². The standard InChI is InChI=1S/C24H30FN3O6S/c1-24(2,3)35(33)27-19(15-7-5-13-4-6-14(13)12-15)18(25)20(29)17-21(30)26-23(32)28(22(17)31)16-8-10-34-11-9-16/h5,7,12,16-19,27H,4,6,8-11H2,1-3H3,(H,26,30,32)/t17?,18-,19+,35?/m1/s1. The number of ether oxygens (including phenoxy) is 1. The molecule has 2 saturated heterocycles. The summed E-state index contributed by atoms with van der Waals surface area (Å²) in [5, 5.41) is 2.03. The number of fused-ring (bicyclic) bond motifs is 1. The number of hydrogen-bond donors (Lipinski definition) is 2. The van der Waals surface area contributed by atoms with Crippen molar-refractivity contribution in [3.8, 4) is 0 Å². The third kappa shape index (κ3) is 5.13. The smallest absolute Gasteiger partial charge is 0.331 e. The van der Waals surface area contributed by atoms with Crippen LogP contribution in [0.3, 0.4) is 0 Å². The Kier molecular flexibility index (Phi) is 7.33. The van der Waals surface area contributed by atoms with E-state index in [1.54, 1.807) is 32.9 Å². The number of halogens is 1. The maximum absolute atomic E-state index is 15.9. The second kappa shape index (κ2) is 9.96. The van der Waals surface area contributed by atoms with Crippen LogP contribution in [-0.4, -0.2) is 63.3 Å². The second-order valence-corrected chi connectivity index (χ2v) is 12.1. The number of benzene rings is 1. The van der Waals surface area contributed by atoms with Crippen molar-refractivity contribution in [3.05, 3.63) is 34.9 Å². The van der Waals surface area contributed by atoms with E-state index in [4.69, 9.17) is 4.74 Å². The molecule has 4 amide bonds. The molecule has 4 atom stereocenters. The molecule has 2 N–H and O–H groups in total. The molecule has 1 aromatic carbocycles. The molecule has 190 valence electrons. The predicted molar refractivity (Wildman–Crippen MR) is 125 cm³/mol. The van der Waals surface area contributed by atoms with Gasteiger partial charge < -0.3 is 9.29 Å². The normalized spacial score (nSPS) is 23.7. The molecule has 1 aromatic rings. The van der Waals surface area contributed by atoms with Gasteiger partial charge in [0.2, 0.25) is 5.91 Å². The van der Waals surface area contributed by atoms with Crippen LogP contribution < -0.4 is 10.0 Å². The highest BCUT2D eigenvalue weighted by atomic mass is 32.2. The average Bonchev–Trinajstić information content (AvgIpc) is 2.77. The van der Waals surface area contributed by atoms with E-state index in [1.165, 1.54) is 0 Å². The van der Waals surface area contributed by atoms with Gasteiger partial charge in [-0.2, -0.15) is 0 Å². The van der Waals surface area contributed by atoms with Crippen LogP contribution in [0.25, 0.3) is 0 Å². The number of amides is 4. The highest BCUT2D eigenvalue weighted by Crippen LogP contribution is 2.32. The highest BCUT2D eigenvalue weighted by molar-refractivity contribution is 7.90. The number of imide groups is 2. The van der Waals surface area contributed by atoms with E-state index in [0.717, 1.165) is 28.9 Å². The van der Waals surface area contributed by atoms with Crippen LogP contribution >= 0.6 is 0 Å². The predicted octanol–water partition coefficient (Wildman–Crippen LogP) is 1.66. The molecule has 0 aromatic heterocycles. The van der Waals surface area contributed by atoms with Gasteiger partial charge >= 0.3 is 6.03 Å². The Morgan fingerprint density at radius 1 is 1.20 bits per heavy atom. The molecule has 4 rings (SSSR count). The number of aryl methyl sites for hydroxylation is 2. The SMILES string of the molecule is CC(C)(C)[S+]([O-])N[C@@H](c1ccc2c(c1)CC2)[C@@H](F)C(=O)C1C(=O)NC(=O)N(C2CCOCC2)C1=O. The quantitative estimate of drug-likeness (QED) is 0.424. The number of nitrogens with zero attached hydrogens (tertiary/aromatic N) is 1. The molecular weight excluding hydrogens is 477 g/mol. The zero-order chi connectivity index (χ0) is 25.5. The fourth-order valence-corrected chi connectivity index (χ4v) is 5.29. The van der Waals surface area contributed by atoms with E-state index >= 15 is 4.39 Å². The van der Waals surface area contributed by atoms with Crippen LogP contribution in [-0.2, 0) is 43.3 Å². The topological polar surface area (TPSA) is 128 Å². The zero-order valence-corrected chi connectivity index (χ0v) is 20.8. The first-order valence-corrected chi connectivity index (χ1v) is 12.9. The van der Waals surface area contributed by atoms with Crippen LogP contribution in [0.2, 0.25) is 0 Å². The number of carbonyl (C=O) groups excluding carboxylic acids is 4. The van der Waals surface area contributed by atoms with E-state index in [2.05, 4.69) is 4.72 Å². The second-order valence-electron chi connectivity index (χ2n) is 10.1. The third-order valence-corrected chi connectivity index (χ3v) is 8.22. The lowest BCUT2D eigenvalue weighted by molar-refractivity contribution is -0.151. The minimum atomic E-state index is -2.36. The van der Waals surface area contributed by atoms with Crippen molar-refractivity contribution in [1.82, 2.24) is 14.9 Å². The molecule has 11 heteroatoms. The van der Waals surface area contributed by atoms with Gasteiger partial charge in [-0.25, -0.2) is 9.18 Å². The zero-order valence-electron chi connectivity index (χ0n) is 20.0. The third-order valence-electron chi connectivity index (χ3n) is 6.64. The summed E-state index contributed by atoms with van der Waals surface area (Å²) in [6.45, 7) is 5.76. The van der Waals surface area contributed by atoms with Gasteiger partial charge in [-0.15, -0.1) is 4.72 Å². The van der Waals surface area contributed by atoms with Crippen molar-refractivity contribution in [2.24, 2.45) is 5.92 Å². The van der Waals surface area contributed by atoms with Gasteiger partial charge in [0.05, 0.1) is 0 Å². The lowest BCUT2D eigenvalue weighted by Gasteiger charge is -2.37. The van der Waals surface area contributed by atoms with Gasteiger partial charge in [0.15, 0.2) is 17.9 Å². The first-order valence-electron chi connectivity index (χ1n) is 11.7. The Morgan fingerprint density at radius 3 is 2.43 bits per heavy atom. The van der Waals surface area contributed by atoms with E-state index in [0.29, 0.717) is 31.6 Å². The summed E-state index contributed by atoms with van der Waals surface area (Å²) in [4.78, 5) is 52.3. The van der Waals surface area contributed by atoms with Gasteiger partial charge in [0, 0.05) is 30.6 Å². The lowest BCUT2D eigenvalue weighted by Crippen LogP contribution is -2.64. The highest BCUT2D eigenvalue weighted by Gasteiger charge is 2.51. The summed E-state index contributed by atoms with van der Waals surface area (Å²) in [6, 6.07) is 2.45. The van der Waals surface area contributed by atoms with Crippen LogP contribution in [0.4, 0.5) is 9.18 Å². The number of nitrogens with one attached hydrogen (secondary N) is 2.